The number of carbonyl (C=O) groups excluding carboxylic acids is 9. The van der Waals surface area contributed by atoms with E-state index in [4.69, 9.17) is 22.1 Å². The summed E-state index contributed by atoms with van der Waals surface area (Å²) in [5.41, 5.74) is 8.74. The van der Waals surface area contributed by atoms with Crippen LogP contribution in [0.25, 0.3) is 21.3 Å². The first-order chi connectivity index (χ1) is 41.6. The molecule has 10 N–H and O–H groups in total. The van der Waals surface area contributed by atoms with E-state index in [9.17, 15) is 62.6 Å². The second-order valence-electron chi connectivity index (χ2n) is 23.9. The van der Waals surface area contributed by atoms with E-state index in [1.807, 2.05) is 65.0 Å². The molecule has 0 unspecified atom stereocenters. The molecule has 0 saturated carbocycles. The van der Waals surface area contributed by atoms with Crippen LogP contribution >= 0.6 is 30.5 Å². The van der Waals surface area contributed by atoms with Crippen LogP contribution in [0.3, 0.4) is 0 Å². The smallest absolute Gasteiger partial charge is 0.396 e. The van der Waals surface area contributed by atoms with Gasteiger partial charge in [-0.3, -0.25) is 47.7 Å². The second-order valence-corrected chi connectivity index (χ2v) is 26.7. The Morgan fingerprint density at radius 1 is 0.920 bits per heavy atom. The number of nitrogens with zero attached hydrogens (tertiary/aromatic N) is 4. The normalized spacial score (nSPS) is 19.9. The van der Waals surface area contributed by atoms with Gasteiger partial charge in [0.1, 0.15) is 42.2 Å². The van der Waals surface area contributed by atoms with Crippen molar-refractivity contribution in [1.82, 2.24) is 45.9 Å². The summed E-state index contributed by atoms with van der Waals surface area (Å²) in [6, 6.07) is 12.2. The fraction of sp³-hybridized carbons (Fsp3) is 0.475. The lowest BCUT2D eigenvalue weighted by molar-refractivity contribution is -0.145. The van der Waals surface area contributed by atoms with Gasteiger partial charge in [-0.05, 0) is 111 Å². The number of ether oxygens (including phenoxy) is 1. The van der Waals surface area contributed by atoms with Crippen molar-refractivity contribution in [2.45, 2.75) is 154 Å². The van der Waals surface area contributed by atoms with Crippen LogP contribution in [-0.2, 0) is 44.5 Å². The highest BCUT2D eigenvalue weighted by Crippen LogP contribution is 2.40. The van der Waals surface area contributed by atoms with E-state index < -0.39 is 102 Å². The van der Waals surface area contributed by atoms with E-state index in [0.29, 0.717) is 43.2 Å². The summed E-state index contributed by atoms with van der Waals surface area (Å²) in [6.45, 7) is 10.4. The number of aliphatic hydroxyl groups excluding tert-OH is 1. The van der Waals surface area contributed by atoms with Crippen LogP contribution in [0, 0.1) is 12.3 Å². The third kappa shape index (κ3) is 16.2. The number of hydrogen-bond donors (Lipinski definition) is 9. The Morgan fingerprint density at radius 3 is 2.32 bits per heavy atom. The molecule has 0 bridgehead atoms. The number of β-amino-alcohol motifs (C(OH)–C–C–N with tert-alkyl or cyclic N) is 1. The molecule has 3 saturated heterocycles. The van der Waals surface area contributed by atoms with Crippen LogP contribution in [0.2, 0.25) is 5.02 Å². The van der Waals surface area contributed by atoms with Crippen molar-refractivity contribution in [1.29, 1.82) is 0 Å². The van der Waals surface area contributed by atoms with E-state index in [1.165, 1.54) is 45.9 Å². The Labute approximate surface area is 518 Å². The first-order valence-corrected chi connectivity index (χ1v) is 32.1. The number of aromatic nitrogens is 2. The van der Waals surface area contributed by atoms with Gasteiger partial charge in [0.2, 0.25) is 41.4 Å². The lowest BCUT2D eigenvalue weighted by atomic mass is 9.85. The molecule has 88 heavy (non-hydrogen) atoms. The maximum Gasteiger partial charge on any atom is 0.396 e. The number of amides is 8. The molecule has 0 spiro atoms. The van der Waals surface area contributed by atoms with Crippen LogP contribution in [0.1, 0.15) is 136 Å². The number of benzene rings is 3. The number of rotatable bonds is 23. The van der Waals surface area contributed by atoms with Crippen LogP contribution in [0.15, 0.2) is 72.2 Å². The second kappa shape index (κ2) is 28.3. The molecule has 27 heteroatoms. The van der Waals surface area contributed by atoms with Gasteiger partial charge in [-0.2, -0.15) is 0 Å². The standard InChI is InChI=1S/C61H76ClN10O14PS/c1-33(36-14-16-38(17-15-36)53-34(2)64-32-88-53)65-57(79)48-28-43(74)29-71(48)59(81)54(61(4,5)6)69-51(76)13-8-7-10-37-11-9-12-49(52(37)62)86-31-41(19-23-50(63)75)66-56(78)47-22-20-42-24-25-70(35(3)73)30-46(58(80)72(42)47)68-55(77)45-27-40-26-39(18-21-44(40)67-45)60(82)87(83,84)85/h9,11-12,14-18,21,26-27,32-33,41-43,46-48,54,67,74H,7-8,10,13,19-20,22-25,28-31H2,1-6H3,(H2,63,75)(H,65,79)(H,66,78)(H,68,77)(H,69,76)(H2,83,84,85)/t33-,41+,42+,43+,46-,47-,48-,54+/m0/s1. The summed E-state index contributed by atoms with van der Waals surface area (Å²) in [4.78, 5) is 153. The highest BCUT2D eigenvalue weighted by molar-refractivity contribution is 7.70. The minimum absolute atomic E-state index is 0.0441. The molecule has 8 amide bonds. The zero-order valence-corrected chi connectivity index (χ0v) is 52.3. The van der Waals surface area contributed by atoms with Gasteiger partial charge in [-0.1, -0.05) is 68.8 Å². The molecule has 8 rings (SSSR count). The fourth-order valence-corrected chi connectivity index (χ4v) is 13.1. The Morgan fingerprint density at radius 2 is 1.65 bits per heavy atom. The number of unbranched alkanes of at least 4 members (excludes halogenated alkanes) is 1. The van der Waals surface area contributed by atoms with E-state index in [-0.39, 0.29) is 97.6 Å². The zero-order valence-electron chi connectivity index (χ0n) is 49.9. The first-order valence-electron chi connectivity index (χ1n) is 29.3. The summed E-state index contributed by atoms with van der Waals surface area (Å²) in [6.07, 6.45) is 1.49. The van der Waals surface area contributed by atoms with Crippen molar-refractivity contribution < 1.29 is 67.3 Å². The average molecular weight is 1270 g/mol. The molecule has 472 valence electrons. The molecule has 3 aliphatic heterocycles. The van der Waals surface area contributed by atoms with Crippen LogP contribution in [-0.4, -0.2) is 161 Å². The summed E-state index contributed by atoms with van der Waals surface area (Å²) in [7, 11) is -5.10. The number of aryl methyl sites for hydroxylation is 2. The number of nitrogens with two attached hydrogens (primary N) is 1. The molecular formula is C61H76ClN10O14PS. The van der Waals surface area contributed by atoms with E-state index >= 15 is 0 Å². The number of carbonyl (C=O) groups is 9. The quantitative estimate of drug-likeness (QED) is 0.0300. The summed E-state index contributed by atoms with van der Waals surface area (Å²) < 4.78 is 17.8. The Hall–Kier alpha value is -7.54. The van der Waals surface area contributed by atoms with E-state index in [2.05, 4.69) is 31.2 Å². The lowest BCUT2D eigenvalue weighted by Crippen LogP contribution is -2.61. The van der Waals surface area contributed by atoms with Gasteiger partial charge >= 0.3 is 7.60 Å². The van der Waals surface area contributed by atoms with Gasteiger partial charge in [0.05, 0.1) is 39.3 Å². The Balaban J connectivity index is 0.852. The Bertz CT molecular complexity index is 3510. The van der Waals surface area contributed by atoms with Crippen LogP contribution < -0.4 is 31.7 Å². The van der Waals surface area contributed by atoms with Gasteiger partial charge < -0.3 is 66.3 Å². The molecule has 24 nitrogen and oxygen atoms in total. The number of fused-ring (bicyclic) bond motifs is 2. The zero-order chi connectivity index (χ0) is 63.9. The maximum absolute atomic E-state index is 14.6. The SMILES string of the molecule is CC(=O)N1CC[C@H]2CC[C@@H](C(=O)N[C@H](CCC(N)=O)COc3cccc(CCCCC(=O)N[C@H](C(=O)N4C[C@H](O)C[C@H]4C(=O)N[C@@H](C)c4ccc(-c5scnc5C)cc4)C(C)(C)C)c3Cl)N2C(=O)[C@@H](NC(=O)c2cc3cc(C(=O)P(=O)(O)O)ccc3[nH]2)C1. The molecule has 0 aliphatic carbocycles. The molecule has 8 atom stereocenters. The molecule has 2 aromatic heterocycles. The number of hydrogen-bond acceptors (Lipinski definition) is 14. The largest absolute Gasteiger partial charge is 0.490 e. The third-order valence-corrected chi connectivity index (χ3v) is 18.5. The Kier molecular flexibility index (Phi) is 21.4. The number of aromatic amines is 1. The third-order valence-electron chi connectivity index (χ3n) is 16.3. The van der Waals surface area contributed by atoms with E-state index in [0.717, 1.165) is 21.7 Å². The number of nitrogens with one attached hydrogen (secondary N) is 5. The monoisotopic (exact) mass is 1270 g/mol. The van der Waals surface area contributed by atoms with Crippen molar-refractivity contribution in [3.05, 3.63) is 105 Å². The van der Waals surface area contributed by atoms with Crippen molar-refractivity contribution in [2.24, 2.45) is 11.1 Å². The number of thiazole rings is 1. The van der Waals surface area contributed by atoms with Gasteiger partial charge in [0.15, 0.2) is 0 Å². The highest BCUT2D eigenvalue weighted by atomic mass is 35.5. The van der Waals surface area contributed by atoms with Gasteiger partial charge in [-0.25, -0.2) is 4.98 Å². The van der Waals surface area contributed by atoms with E-state index in [1.54, 1.807) is 29.0 Å². The number of H-pyrrole nitrogens is 1. The van der Waals surface area contributed by atoms with Crippen LogP contribution in [0.4, 0.5) is 0 Å². The molecule has 5 heterocycles. The van der Waals surface area contributed by atoms with Crippen molar-refractivity contribution in [3.8, 4) is 16.2 Å². The van der Waals surface area contributed by atoms with Crippen molar-refractivity contribution in [3.63, 3.8) is 0 Å². The highest BCUT2D eigenvalue weighted by Gasteiger charge is 2.47. The number of primary amides is 1. The minimum Gasteiger partial charge on any atom is -0.490 e. The molecule has 3 aliphatic rings. The topological polar surface area (TPSA) is 353 Å². The molecule has 3 aromatic carbocycles. The minimum atomic E-state index is -5.10. The predicted molar refractivity (Wildman–Crippen MR) is 328 cm³/mol. The summed E-state index contributed by atoms with van der Waals surface area (Å²) in [5, 5.41) is 22.9. The maximum atomic E-state index is 14.6. The number of likely N-dealkylation sites (tertiary alicyclic amines) is 1. The first kappa shape index (κ1) is 66.4. The fourth-order valence-electron chi connectivity index (χ4n) is 11.5. The molecular weight excluding hydrogens is 1200 g/mol. The summed E-state index contributed by atoms with van der Waals surface area (Å²) >= 11 is 8.46. The molecule has 3 fully saturated rings. The predicted octanol–water partition coefficient (Wildman–Crippen LogP) is 5.19. The number of aliphatic hydroxyl groups is 1. The molecule has 0 radical (unpaired) electrons. The van der Waals surface area contributed by atoms with Crippen molar-refractivity contribution in [2.75, 3.05) is 26.2 Å². The number of halogens is 1. The van der Waals surface area contributed by atoms with Gasteiger partial charge in [0, 0.05) is 68.3 Å². The van der Waals surface area contributed by atoms with Gasteiger partial charge in [-0.15, -0.1) is 11.3 Å². The van der Waals surface area contributed by atoms with Crippen molar-refractivity contribution >= 4 is 94.2 Å². The van der Waals surface area contributed by atoms with Crippen LogP contribution in [0.5, 0.6) is 5.75 Å². The van der Waals surface area contributed by atoms with Gasteiger partial charge in [0.25, 0.3) is 11.4 Å². The average Bonchev–Trinajstić information content (AvgIpc) is 4.22. The molecule has 5 aromatic rings. The lowest BCUT2D eigenvalue weighted by Gasteiger charge is -2.38. The summed E-state index contributed by atoms with van der Waals surface area (Å²) in [5.74, 6) is -3.86.